The Morgan fingerprint density at radius 3 is 2.40 bits per heavy atom. The minimum absolute atomic E-state index is 0.0735. The van der Waals surface area contributed by atoms with Crippen LogP contribution in [0.15, 0.2) is 48.5 Å². The Bertz CT molecular complexity index is 1010. The van der Waals surface area contributed by atoms with Crippen molar-refractivity contribution in [1.82, 2.24) is 4.31 Å². The molecule has 0 aliphatic carbocycles. The molecule has 1 fully saturated rings. The zero-order chi connectivity index (χ0) is 21.9. The summed E-state index contributed by atoms with van der Waals surface area (Å²) in [6, 6.07) is 11.7. The lowest BCUT2D eigenvalue weighted by Crippen LogP contribution is -2.42. The molecule has 1 amide bonds. The van der Waals surface area contributed by atoms with Gasteiger partial charge >= 0.3 is 6.18 Å². The summed E-state index contributed by atoms with van der Waals surface area (Å²) in [7, 11) is -3.51. The van der Waals surface area contributed by atoms with Crippen LogP contribution in [0.2, 0.25) is 0 Å². The first-order valence-corrected chi connectivity index (χ1v) is 11.2. The van der Waals surface area contributed by atoms with Crippen molar-refractivity contribution in [3.05, 3.63) is 65.2 Å². The first kappa shape index (κ1) is 22.3. The number of hydrogen-bond acceptors (Lipinski definition) is 3. The molecule has 1 aliphatic rings. The van der Waals surface area contributed by atoms with Crippen LogP contribution in [0.5, 0.6) is 0 Å². The van der Waals surface area contributed by atoms with E-state index >= 15 is 0 Å². The smallest absolute Gasteiger partial charge is 0.326 e. The molecule has 30 heavy (non-hydrogen) atoms. The number of amides is 1. The quantitative estimate of drug-likeness (QED) is 0.758. The van der Waals surface area contributed by atoms with Gasteiger partial charge in [-0.1, -0.05) is 30.3 Å². The predicted molar refractivity (Wildman–Crippen MR) is 108 cm³/mol. The number of piperidine rings is 1. The van der Waals surface area contributed by atoms with E-state index in [1.165, 1.54) is 16.4 Å². The first-order valence-electron chi connectivity index (χ1n) is 9.57. The fourth-order valence-electron chi connectivity index (χ4n) is 3.47. The molecule has 162 valence electrons. The molecule has 2 aromatic carbocycles. The maximum Gasteiger partial charge on any atom is 0.416 e. The van der Waals surface area contributed by atoms with E-state index < -0.39 is 33.6 Å². The van der Waals surface area contributed by atoms with Crippen molar-refractivity contribution < 1.29 is 26.4 Å². The monoisotopic (exact) mass is 440 g/mol. The topological polar surface area (TPSA) is 66.5 Å². The molecule has 1 heterocycles. The number of nitrogens with zero attached hydrogens (tertiary/aromatic N) is 1. The Kier molecular flexibility index (Phi) is 6.52. The van der Waals surface area contributed by atoms with Crippen molar-refractivity contribution in [3.63, 3.8) is 0 Å². The Hall–Kier alpha value is -2.39. The molecule has 0 unspecified atom stereocenters. The minimum atomic E-state index is -4.49. The lowest BCUT2D eigenvalue weighted by atomic mass is 9.97. The SMILES string of the molecule is Cc1ccccc1CS(=O)(=O)N1CCC(C(=O)Nc2cccc(C(F)(F)F)c2)CC1. The van der Waals surface area contributed by atoms with Crippen molar-refractivity contribution in [3.8, 4) is 0 Å². The fraction of sp³-hybridized carbons (Fsp3) is 0.381. The molecule has 1 saturated heterocycles. The van der Waals surface area contributed by atoms with Crippen LogP contribution in [0, 0.1) is 12.8 Å². The molecular weight excluding hydrogens is 417 g/mol. The molecule has 0 bridgehead atoms. The van der Waals surface area contributed by atoms with Gasteiger partial charge < -0.3 is 5.32 Å². The van der Waals surface area contributed by atoms with E-state index in [4.69, 9.17) is 0 Å². The Balaban J connectivity index is 1.59. The average Bonchev–Trinajstić information content (AvgIpc) is 2.69. The van der Waals surface area contributed by atoms with Gasteiger partial charge in [-0.3, -0.25) is 4.79 Å². The number of halogens is 3. The van der Waals surface area contributed by atoms with Gasteiger partial charge in [0, 0.05) is 24.7 Å². The highest BCUT2D eigenvalue weighted by atomic mass is 32.2. The highest BCUT2D eigenvalue weighted by molar-refractivity contribution is 7.88. The first-order chi connectivity index (χ1) is 14.1. The van der Waals surface area contributed by atoms with Gasteiger partial charge in [-0.15, -0.1) is 0 Å². The van der Waals surface area contributed by atoms with Gasteiger partial charge in [0.25, 0.3) is 0 Å². The average molecular weight is 440 g/mol. The number of rotatable bonds is 5. The maximum atomic E-state index is 12.8. The van der Waals surface area contributed by atoms with E-state index in [-0.39, 0.29) is 24.5 Å². The number of sulfonamides is 1. The van der Waals surface area contributed by atoms with Crippen LogP contribution >= 0.6 is 0 Å². The second-order valence-electron chi connectivity index (χ2n) is 7.42. The van der Waals surface area contributed by atoms with Gasteiger partial charge in [-0.2, -0.15) is 13.2 Å². The molecular formula is C21H23F3N2O3S. The molecule has 0 saturated carbocycles. The third-order valence-electron chi connectivity index (χ3n) is 5.27. The van der Waals surface area contributed by atoms with E-state index in [1.807, 2.05) is 19.1 Å². The van der Waals surface area contributed by atoms with Crippen molar-refractivity contribution in [1.29, 1.82) is 0 Å². The van der Waals surface area contributed by atoms with Gasteiger partial charge in [-0.25, -0.2) is 12.7 Å². The summed E-state index contributed by atoms with van der Waals surface area (Å²) in [6.45, 7) is 2.26. The summed E-state index contributed by atoms with van der Waals surface area (Å²) in [5.41, 5.74) is 0.875. The number of carbonyl (C=O) groups is 1. The van der Waals surface area contributed by atoms with Crippen molar-refractivity contribution >= 4 is 21.6 Å². The number of nitrogens with one attached hydrogen (secondary N) is 1. The summed E-state index contributed by atoms with van der Waals surface area (Å²) in [6.07, 6.45) is -3.85. The molecule has 2 aromatic rings. The lowest BCUT2D eigenvalue weighted by Gasteiger charge is -2.30. The lowest BCUT2D eigenvalue weighted by molar-refractivity contribution is -0.137. The van der Waals surface area contributed by atoms with Gasteiger partial charge in [-0.05, 0) is 49.1 Å². The second-order valence-corrected chi connectivity index (χ2v) is 9.39. The summed E-state index contributed by atoms with van der Waals surface area (Å²) < 4.78 is 65.3. The van der Waals surface area contributed by atoms with Gasteiger partial charge in [0.1, 0.15) is 0 Å². The number of benzene rings is 2. The zero-order valence-electron chi connectivity index (χ0n) is 16.4. The fourth-order valence-corrected chi connectivity index (χ4v) is 5.14. The van der Waals surface area contributed by atoms with Crippen LogP contribution in [-0.4, -0.2) is 31.7 Å². The summed E-state index contributed by atoms with van der Waals surface area (Å²) in [5, 5.41) is 2.52. The molecule has 0 aromatic heterocycles. The molecule has 1 aliphatic heterocycles. The predicted octanol–water partition coefficient (Wildman–Crippen LogP) is 4.19. The highest BCUT2D eigenvalue weighted by Gasteiger charge is 2.33. The van der Waals surface area contributed by atoms with Gasteiger partial charge in [0.2, 0.25) is 15.9 Å². The summed E-state index contributed by atoms with van der Waals surface area (Å²) >= 11 is 0. The van der Waals surface area contributed by atoms with Crippen LogP contribution in [0.3, 0.4) is 0 Å². The molecule has 0 atom stereocenters. The van der Waals surface area contributed by atoms with Crippen LogP contribution in [0.25, 0.3) is 0 Å². The second kappa shape index (κ2) is 8.77. The largest absolute Gasteiger partial charge is 0.416 e. The van der Waals surface area contributed by atoms with E-state index in [0.717, 1.165) is 23.3 Å². The number of anilines is 1. The molecule has 1 N–H and O–H groups in total. The Morgan fingerprint density at radius 1 is 1.10 bits per heavy atom. The van der Waals surface area contributed by atoms with Crippen LogP contribution in [0.4, 0.5) is 18.9 Å². The molecule has 0 spiro atoms. The highest BCUT2D eigenvalue weighted by Crippen LogP contribution is 2.31. The van der Waals surface area contributed by atoms with E-state index in [9.17, 15) is 26.4 Å². The Labute approximate surface area is 173 Å². The third kappa shape index (κ3) is 5.40. The van der Waals surface area contributed by atoms with Crippen molar-refractivity contribution in [2.24, 2.45) is 5.92 Å². The Morgan fingerprint density at radius 2 is 1.77 bits per heavy atom. The molecule has 0 radical (unpaired) electrons. The van der Waals surface area contributed by atoms with Gasteiger partial charge in [0.15, 0.2) is 0 Å². The van der Waals surface area contributed by atoms with Crippen molar-refractivity contribution in [2.45, 2.75) is 31.7 Å². The summed E-state index contributed by atoms with van der Waals surface area (Å²) in [5.74, 6) is -0.949. The molecule has 3 rings (SSSR count). The van der Waals surface area contributed by atoms with Gasteiger partial charge in [0.05, 0.1) is 11.3 Å². The van der Waals surface area contributed by atoms with Crippen LogP contribution < -0.4 is 5.32 Å². The number of carbonyl (C=O) groups excluding carboxylic acids is 1. The van der Waals surface area contributed by atoms with E-state index in [0.29, 0.717) is 12.8 Å². The zero-order valence-corrected chi connectivity index (χ0v) is 17.3. The number of hydrogen-bond donors (Lipinski definition) is 1. The third-order valence-corrected chi connectivity index (χ3v) is 7.10. The molecule has 9 heteroatoms. The van der Waals surface area contributed by atoms with Crippen LogP contribution in [-0.2, 0) is 26.7 Å². The van der Waals surface area contributed by atoms with Crippen LogP contribution in [0.1, 0.15) is 29.5 Å². The minimum Gasteiger partial charge on any atom is -0.326 e. The number of alkyl halides is 3. The number of aryl methyl sites for hydroxylation is 1. The van der Waals surface area contributed by atoms with Crippen molar-refractivity contribution in [2.75, 3.05) is 18.4 Å². The molecule has 5 nitrogen and oxygen atoms in total. The standard InChI is InChI=1S/C21H23F3N2O3S/c1-15-5-2-3-6-17(15)14-30(28,29)26-11-9-16(10-12-26)20(27)25-19-8-4-7-18(13-19)21(22,23)24/h2-8,13,16H,9-12,14H2,1H3,(H,25,27). The normalized spacial score (nSPS) is 16.4. The maximum absolute atomic E-state index is 12.8. The summed E-state index contributed by atoms with van der Waals surface area (Å²) in [4.78, 5) is 12.5. The van der Waals surface area contributed by atoms with E-state index in [2.05, 4.69) is 5.32 Å². The van der Waals surface area contributed by atoms with E-state index in [1.54, 1.807) is 12.1 Å².